The van der Waals surface area contributed by atoms with Crippen molar-refractivity contribution in [2.45, 2.75) is 6.54 Å². The fourth-order valence-electron chi connectivity index (χ4n) is 2.73. The molecule has 0 aliphatic carbocycles. The average Bonchev–Trinajstić information content (AvgIpc) is 2.61. The molecular weight excluding hydrogens is 304 g/mol. The minimum Gasteiger partial charge on any atom is -0.478 e. The van der Waals surface area contributed by atoms with E-state index in [1.54, 1.807) is 18.2 Å². The third kappa shape index (κ3) is 4.02. The van der Waals surface area contributed by atoms with Crippen molar-refractivity contribution in [3.05, 3.63) is 53.7 Å². The van der Waals surface area contributed by atoms with Crippen molar-refractivity contribution in [2.75, 3.05) is 43.4 Å². The summed E-state index contributed by atoms with van der Waals surface area (Å²) in [5.74, 6) is 0.0940. The van der Waals surface area contributed by atoms with Crippen LogP contribution in [-0.2, 0) is 6.54 Å². The number of carboxylic acid groups (broad SMARTS) is 1. The smallest absolute Gasteiger partial charge is 0.335 e. The molecule has 6 heteroatoms. The summed E-state index contributed by atoms with van der Waals surface area (Å²) in [6.45, 7) is 4.68. The summed E-state index contributed by atoms with van der Waals surface area (Å²) in [7, 11) is 2.14. The summed E-state index contributed by atoms with van der Waals surface area (Å²) >= 11 is 0. The highest BCUT2D eigenvalue weighted by atomic mass is 16.4. The molecule has 0 saturated carbocycles. The van der Waals surface area contributed by atoms with Crippen LogP contribution in [0.1, 0.15) is 15.9 Å². The van der Waals surface area contributed by atoms with E-state index >= 15 is 0 Å². The minimum atomic E-state index is -0.907. The van der Waals surface area contributed by atoms with Crippen LogP contribution < -0.4 is 10.2 Å². The lowest BCUT2D eigenvalue weighted by atomic mass is 10.1. The van der Waals surface area contributed by atoms with Gasteiger partial charge in [-0.15, -0.1) is 0 Å². The Labute approximate surface area is 141 Å². The Bertz CT molecular complexity index is 694. The first-order valence-corrected chi connectivity index (χ1v) is 8.07. The number of benzene rings is 1. The quantitative estimate of drug-likeness (QED) is 0.877. The van der Waals surface area contributed by atoms with Gasteiger partial charge in [0.15, 0.2) is 0 Å². The Kier molecular flexibility index (Phi) is 4.96. The highest BCUT2D eigenvalue weighted by Gasteiger charge is 2.14. The van der Waals surface area contributed by atoms with Crippen LogP contribution >= 0.6 is 0 Å². The molecular formula is C18H22N4O2. The monoisotopic (exact) mass is 326 g/mol. The van der Waals surface area contributed by atoms with Crippen LogP contribution in [0.2, 0.25) is 0 Å². The molecule has 24 heavy (non-hydrogen) atoms. The van der Waals surface area contributed by atoms with Crippen LogP contribution in [0.15, 0.2) is 42.6 Å². The molecule has 1 aliphatic heterocycles. The second-order valence-corrected chi connectivity index (χ2v) is 6.05. The van der Waals surface area contributed by atoms with E-state index in [-0.39, 0.29) is 0 Å². The summed E-state index contributed by atoms with van der Waals surface area (Å²) in [5.41, 5.74) is 2.16. The summed E-state index contributed by atoms with van der Waals surface area (Å²) in [4.78, 5) is 20.1. The van der Waals surface area contributed by atoms with Crippen LogP contribution in [0.4, 0.5) is 11.5 Å². The molecule has 2 N–H and O–H groups in total. The fraction of sp³-hybridized carbons (Fsp3) is 0.333. The predicted molar refractivity (Wildman–Crippen MR) is 94.7 cm³/mol. The van der Waals surface area contributed by atoms with Crippen LogP contribution in [-0.4, -0.2) is 54.2 Å². The van der Waals surface area contributed by atoms with Gasteiger partial charge in [0.25, 0.3) is 0 Å². The molecule has 0 unspecified atom stereocenters. The molecule has 1 aliphatic rings. The molecule has 6 nitrogen and oxygen atoms in total. The average molecular weight is 326 g/mol. The van der Waals surface area contributed by atoms with Gasteiger partial charge in [-0.2, -0.15) is 0 Å². The van der Waals surface area contributed by atoms with Crippen molar-refractivity contribution in [1.29, 1.82) is 0 Å². The number of piperazine rings is 1. The lowest BCUT2D eigenvalue weighted by molar-refractivity contribution is 0.0697. The maximum absolute atomic E-state index is 11.0. The number of likely N-dealkylation sites (N-methyl/N-ethyl adjacent to an activating group) is 1. The van der Waals surface area contributed by atoms with Gasteiger partial charge < -0.3 is 20.2 Å². The maximum Gasteiger partial charge on any atom is 0.335 e. The van der Waals surface area contributed by atoms with Crippen molar-refractivity contribution in [3.63, 3.8) is 0 Å². The van der Waals surface area contributed by atoms with Gasteiger partial charge in [0.2, 0.25) is 0 Å². The van der Waals surface area contributed by atoms with Crippen molar-refractivity contribution < 1.29 is 9.90 Å². The van der Waals surface area contributed by atoms with Crippen LogP contribution in [0.25, 0.3) is 0 Å². The standard InChI is InChI=1S/C18H22N4O2/c1-21-7-9-22(10-8-21)17-6-5-16(13-20-17)19-12-14-3-2-4-15(11-14)18(23)24/h2-6,11,13,19H,7-10,12H2,1H3,(H,23,24). The molecule has 1 saturated heterocycles. The molecule has 1 fully saturated rings. The van der Waals surface area contributed by atoms with Crippen molar-refractivity contribution in [2.24, 2.45) is 0 Å². The number of carbonyl (C=O) groups is 1. The number of nitrogens with one attached hydrogen (secondary N) is 1. The highest BCUT2D eigenvalue weighted by Crippen LogP contribution is 2.16. The van der Waals surface area contributed by atoms with Crippen LogP contribution in [0.3, 0.4) is 0 Å². The fourth-order valence-corrected chi connectivity index (χ4v) is 2.73. The van der Waals surface area contributed by atoms with Gasteiger partial charge in [0.1, 0.15) is 5.82 Å². The number of aromatic nitrogens is 1. The van der Waals surface area contributed by atoms with E-state index in [9.17, 15) is 4.79 Å². The Hall–Kier alpha value is -2.60. The van der Waals surface area contributed by atoms with Gasteiger partial charge in [0, 0.05) is 32.7 Å². The molecule has 126 valence electrons. The Morgan fingerprint density at radius 2 is 2.00 bits per heavy atom. The zero-order chi connectivity index (χ0) is 16.9. The van der Waals surface area contributed by atoms with E-state index in [0.29, 0.717) is 12.1 Å². The largest absolute Gasteiger partial charge is 0.478 e. The second kappa shape index (κ2) is 7.31. The Morgan fingerprint density at radius 1 is 1.21 bits per heavy atom. The van der Waals surface area contributed by atoms with Gasteiger partial charge in [-0.05, 0) is 36.9 Å². The first kappa shape index (κ1) is 16.3. The van der Waals surface area contributed by atoms with Gasteiger partial charge >= 0.3 is 5.97 Å². The molecule has 2 aromatic rings. The lowest BCUT2D eigenvalue weighted by Crippen LogP contribution is -2.44. The van der Waals surface area contributed by atoms with E-state index in [1.807, 2.05) is 24.4 Å². The number of anilines is 2. The number of hydrogen-bond donors (Lipinski definition) is 2. The Morgan fingerprint density at radius 3 is 2.67 bits per heavy atom. The zero-order valence-electron chi connectivity index (χ0n) is 13.8. The number of pyridine rings is 1. The zero-order valence-corrected chi connectivity index (χ0v) is 13.8. The van der Waals surface area contributed by atoms with Crippen LogP contribution in [0, 0.1) is 0 Å². The molecule has 0 radical (unpaired) electrons. The summed E-state index contributed by atoms with van der Waals surface area (Å²) < 4.78 is 0. The minimum absolute atomic E-state index is 0.304. The molecule has 1 aromatic heterocycles. The Balaban J connectivity index is 1.58. The second-order valence-electron chi connectivity index (χ2n) is 6.05. The first-order valence-electron chi connectivity index (χ1n) is 8.07. The number of aromatic carboxylic acids is 1. The van der Waals surface area contributed by atoms with Crippen molar-refractivity contribution in [1.82, 2.24) is 9.88 Å². The summed E-state index contributed by atoms with van der Waals surface area (Å²) in [5, 5.41) is 12.3. The number of carboxylic acids is 1. The number of nitrogens with zero attached hydrogens (tertiary/aromatic N) is 3. The summed E-state index contributed by atoms with van der Waals surface area (Å²) in [6.07, 6.45) is 1.83. The third-order valence-corrected chi connectivity index (χ3v) is 4.25. The van der Waals surface area contributed by atoms with Crippen molar-refractivity contribution in [3.8, 4) is 0 Å². The SMILES string of the molecule is CN1CCN(c2ccc(NCc3cccc(C(=O)O)c3)cn2)CC1. The molecule has 1 aromatic carbocycles. The number of hydrogen-bond acceptors (Lipinski definition) is 5. The van der Waals surface area contributed by atoms with Gasteiger partial charge in [-0.25, -0.2) is 9.78 Å². The topological polar surface area (TPSA) is 68.7 Å². The lowest BCUT2D eigenvalue weighted by Gasteiger charge is -2.33. The predicted octanol–water partition coefficient (Wildman–Crippen LogP) is 2.14. The van der Waals surface area contributed by atoms with Gasteiger partial charge in [-0.1, -0.05) is 12.1 Å². The molecule has 2 heterocycles. The first-order chi connectivity index (χ1) is 11.6. The summed E-state index contributed by atoms with van der Waals surface area (Å²) in [6, 6.07) is 11.0. The normalized spacial score (nSPS) is 15.3. The van der Waals surface area contributed by atoms with E-state index in [2.05, 4.69) is 27.1 Å². The maximum atomic E-state index is 11.0. The molecule has 0 amide bonds. The third-order valence-electron chi connectivity index (χ3n) is 4.25. The van der Waals surface area contributed by atoms with Gasteiger partial charge in [0.05, 0.1) is 17.4 Å². The van der Waals surface area contributed by atoms with E-state index in [1.165, 1.54) is 0 Å². The number of rotatable bonds is 5. The molecule has 0 atom stereocenters. The highest BCUT2D eigenvalue weighted by molar-refractivity contribution is 5.87. The van der Waals surface area contributed by atoms with E-state index in [4.69, 9.17) is 5.11 Å². The van der Waals surface area contributed by atoms with Gasteiger partial charge in [-0.3, -0.25) is 0 Å². The molecule has 0 bridgehead atoms. The van der Waals surface area contributed by atoms with Crippen LogP contribution in [0.5, 0.6) is 0 Å². The van der Waals surface area contributed by atoms with Crippen molar-refractivity contribution >= 4 is 17.5 Å². The van der Waals surface area contributed by atoms with E-state index in [0.717, 1.165) is 43.2 Å². The molecule has 0 spiro atoms. The molecule has 3 rings (SSSR count). The van der Waals surface area contributed by atoms with E-state index < -0.39 is 5.97 Å².